The van der Waals surface area contributed by atoms with Crippen LogP contribution in [0.3, 0.4) is 0 Å². The first-order valence-corrected chi connectivity index (χ1v) is 8.79. The molecule has 1 fully saturated rings. The van der Waals surface area contributed by atoms with Gasteiger partial charge in [-0.2, -0.15) is 13.2 Å². The minimum atomic E-state index is -5.05. The van der Waals surface area contributed by atoms with E-state index in [9.17, 15) is 27.9 Å². The summed E-state index contributed by atoms with van der Waals surface area (Å²) in [5, 5.41) is 9.60. The zero-order chi connectivity index (χ0) is 20.6. The zero-order valence-corrected chi connectivity index (χ0v) is 15.9. The average molecular weight is 386 g/mol. The van der Waals surface area contributed by atoms with Crippen molar-refractivity contribution in [2.75, 3.05) is 25.0 Å². The van der Waals surface area contributed by atoms with Crippen LogP contribution in [0.5, 0.6) is 0 Å². The Morgan fingerprint density at radius 3 is 2.26 bits per heavy atom. The van der Waals surface area contributed by atoms with Gasteiger partial charge in [-0.1, -0.05) is 24.6 Å². The van der Waals surface area contributed by atoms with Gasteiger partial charge in [0.05, 0.1) is 0 Å². The molecule has 1 unspecified atom stereocenters. The smallest absolute Gasteiger partial charge is 0.373 e. The summed E-state index contributed by atoms with van der Waals surface area (Å²) in [6.45, 7) is 4.11. The van der Waals surface area contributed by atoms with Gasteiger partial charge in [0.1, 0.15) is 0 Å². The van der Waals surface area contributed by atoms with Crippen LogP contribution < -0.4 is 4.90 Å². The summed E-state index contributed by atoms with van der Waals surface area (Å²) in [5.74, 6) is -2.25. The summed E-state index contributed by atoms with van der Waals surface area (Å²) in [6, 6.07) is 7.44. The molecule has 0 spiro atoms. The molecule has 0 aromatic heterocycles. The van der Waals surface area contributed by atoms with Crippen molar-refractivity contribution < 1.29 is 27.9 Å². The molecule has 27 heavy (non-hydrogen) atoms. The van der Waals surface area contributed by atoms with Crippen molar-refractivity contribution in [3.05, 3.63) is 29.8 Å². The SMILES string of the molecule is Cc1ccc(N(C)C(=O)[C@@H]2CCN(C(=O)C(C)(O)C(F)(F)F)C[C@@H]2C)cc1. The number of alkyl halides is 3. The molecule has 3 atom stereocenters. The number of rotatable bonds is 3. The number of likely N-dealkylation sites (tertiary alicyclic amines) is 1. The van der Waals surface area contributed by atoms with E-state index < -0.39 is 23.6 Å². The topological polar surface area (TPSA) is 60.9 Å². The summed E-state index contributed by atoms with van der Waals surface area (Å²) >= 11 is 0. The van der Waals surface area contributed by atoms with Gasteiger partial charge in [-0.05, 0) is 38.3 Å². The molecule has 1 aliphatic heterocycles. The Balaban J connectivity index is 2.07. The van der Waals surface area contributed by atoms with Gasteiger partial charge in [0.25, 0.3) is 5.91 Å². The van der Waals surface area contributed by atoms with Gasteiger partial charge in [0.2, 0.25) is 11.5 Å². The van der Waals surface area contributed by atoms with Crippen LogP contribution in [-0.2, 0) is 9.59 Å². The van der Waals surface area contributed by atoms with Crippen molar-refractivity contribution in [2.24, 2.45) is 11.8 Å². The third kappa shape index (κ3) is 4.26. The van der Waals surface area contributed by atoms with E-state index in [1.807, 2.05) is 31.2 Å². The van der Waals surface area contributed by atoms with Crippen LogP contribution in [0.15, 0.2) is 24.3 Å². The largest absolute Gasteiger partial charge is 0.426 e. The highest BCUT2D eigenvalue weighted by Gasteiger charge is 2.57. The number of hydrogen-bond donors (Lipinski definition) is 1. The number of hydrogen-bond acceptors (Lipinski definition) is 3. The van der Waals surface area contributed by atoms with E-state index in [0.29, 0.717) is 6.92 Å². The van der Waals surface area contributed by atoms with E-state index in [1.54, 1.807) is 14.0 Å². The predicted octanol–water partition coefficient (Wildman–Crippen LogP) is 2.76. The lowest BCUT2D eigenvalue weighted by Crippen LogP contribution is -2.59. The Kier molecular flexibility index (Phi) is 5.89. The van der Waals surface area contributed by atoms with Crippen molar-refractivity contribution in [1.29, 1.82) is 0 Å². The van der Waals surface area contributed by atoms with Crippen LogP contribution in [0.4, 0.5) is 18.9 Å². The first-order chi connectivity index (χ1) is 12.4. The molecular weight excluding hydrogens is 361 g/mol. The second kappa shape index (κ2) is 7.50. The van der Waals surface area contributed by atoms with E-state index in [4.69, 9.17) is 0 Å². The number of piperidine rings is 1. The number of carbonyl (C=O) groups is 2. The number of halogens is 3. The standard InChI is InChI=1S/C19H25F3N2O3/c1-12-5-7-14(8-6-12)23(4)16(25)15-9-10-24(11-13(15)2)17(26)18(3,27)19(20,21)22/h5-8,13,15,27H,9-11H2,1-4H3/t13-,15+,18?/m0/s1. The second-order valence-electron chi connectivity index (χ2n) is 7.43. The predicted molar refractivity (Wildman–Crippen MR) is 95.1 cm³/mol. The minimum Gasteiger partial charge on any atom is -0.373 e. The monoisotopic (exact) mass is 386 g/mol. The molecule has 0 bridgehead atoms. The maximum atomic E-state index is 12.9. The first kappa shape index (κ1) is 21.2. The van der Waals surface area contributed by atoms with Gasteiger partial charge in [-0.3, -0.25) is 9.59 Å². The highest BCUT2D eigenvalue weighted by molar-refractivity contribution is 5.95. The van der Waals surface area contributed by atoms with E-state index >= 15 is 0 Å². The Bertz CT molecular complexity index is 701. The molecule has 0 aliphatic carbocycles. The zero-order valence-electron chi connectivity index (χ0n) is 15.9. The second-order valence-corrected chi connectivity index (χ2v) is 7.43. The van der Waals surface area contributed by atoms with Crippen molar-refractivity contribution in [2.45, 2.75) is 39.0 Å². The molecule has 1 aromatic carbocycles. The number of carbonyl (C=O) groups excluding carboxylic acids is 2. The molecule has 1 aromatic rings. The normalized spacial score (nSPS) is 22.9. The van der Waals surface area contributed by atoms with Gasteiger partial charge in [0, 0.05) is 31.7 Å². The van der Waals surface area contributed by atoms with Crippen LogP contribution in [0, 0.1) is 18.8 Å². The van der Waals surface area contributed by atoms with E-state index in [1.165, 1.54) is 4.90 Å². The highest BCUT2D eigenvalue weighted by atomic mass is 19.4. The molecular formula is C19H25F3N2O3. The van der Waals surface area contributed by atoms with Gasteiger partial charge < -0.3 is 14.9 Å². The Morgan fingerprint density at radius 2 is 1.78 bits per heavy atom. The van der Waals surface area contributed by atoms with Crippen LogP contribution in [0.1, 0.15) is 25.8 Å². The number of nitrogens with zero attached hydrogens (tertiary/aromatic N) is 2. The summed E-state index contributed by atoms with van der Waals surface area (Å²) in [7, 11) is 1.66. The fourth-order valence-corrected chi connectivity index (χ4v) is 3.27. The quantitative estimate of drug-likeness (QED) is 0.869. The van der Waals surface area contributed by atoms with Crippen LogP contribution in [0.25, 0.3) is 0 Å². The summed E-state index contributed by atoms with van der Waals surface area (Å²) in [4.78, 5) is 27.5. The molecule has 5 nitrogen and oxygen atoms in total. The van der Waals surface area contributed by atoms with Gasteiger partial charge >= 0.3 is 6.18 Å². The minimum absolute atomic E-state index is 0.00640. The first-order valence-electron chi connectivity index (χ1n) is 8.79. The molecule has 8 heteroatoms. The number of benzene rings is 1. The Hall–Kier alpha value is -2.09. The highest BCUT2D eigenvalue weighted by Crippen LogP contribution is 2.34. The third-order valence-electron chi connectivity index (χ3n) is 5.23. The molecule has 1 saturated heterocycles. The van der Waals surface area contributed by atoms with Crippen LogP contribution in [-0.4, -0.2) is 53.7 Å². The summed E-state index contributed by atoms with van der Waals surface area (Å²) in [6.07, 6.45) is -4.80. The Morgan fingerprint density at radius 1 is 1.22 bits per heavy atom. The lowest BCUT2D eigenvalue weighted by atomic mass is 9.85. The van der Waals surface area contributed by atoms with Crippen molar-refractivity contribution in [1.82, 2.24) is 4.90 Å². The molecule has 2 rings (SSSR count). The van der Waals surface area contributed by atoms with Gasteiger partial charge in [-0.15, -0.1) is 0 Å². The van der Waals surface area contributed by atoms with E-state index in [2.05, 4.69) is 0 Å². The molecule has 150 valence electrons. The summed E-state index contributed by atoms with van der Waals surface area (Å²) < 4.78 is 38.7. The van der Waals surface area contributed by atoms with Gasteiger partial charge in [0.15, 0.2) is 0 Å². The molecule has 1 aliphatic rings. The lowest BCUT2D eigenvalue weighted by Gasteiger charge is -2.40. The van der Waals surface area contributed by atoms with E-state index in [-0.39, 0.29) is 31.3 Å². The molecule has 0 radical (unpaired) electrons. The maximum Gasteiger partial charge on any atom is 0.426 e. The number of anilines is 1. The fraction of sp³-hybridized carbons (Fsp3) is 0.579. The average Bonchev–Trinajstić information content (AvgIpc) is 2.59. The fourth-order valence-electron chi connectivity index (χ4n) is 3.27. The number of amides is 2. The van der Waals surface area contributed by atoms with Crippen LogP contribution >= 0.6 is 0 Å². The number of aryl methyl sites for hydroxylation is 1. The molecule has 2 amide bonds. The maximum absolute atomic E-state index is 12.9. The van der Waals surface area contributed by atoms with Crippen molar-refractivity contribution >= 4 is 17.5 Å². The number of aliphatic hydroxyl groups is 1. The summed E-state index contributed by atoms with van der Waals surface area (Å²) in [5.41, 5.74) is -1.63. The molecule has 0 saturated carbocycles. The van der Waals surface area contributed by atoms with Crippen molar-refractivity contribution in [3.63, 3.8) is 0 Å². The van der Waals surface area contributed by atoms with E-state index in [0.717, 1.165) is 16.2 Å². The van der Waals surface area contributed by atoms with Crippen LogP contribution in [0.2, 0.25) is 0 Å². The third-order valence-corrected chi connectivity index (χ3v) is 5.23. The molecule has 1 heterocycles. The van der Waals surface area contributed by atoms with Crippen molar-refractivity contribution in [3.8, 4) is 0 Å². The van der Waals surface area contributed by atoms with Gasteiger partial charge in [-0.25, -0.2) is 0 Å². The lowest BCUT2D eigenvalue weighted by molar-refractivity contribution is -0.251. The molecule has 1 N–H and O–H groups in total. The Labute approximate surface area is 156 Å².